The van der Waals surface area contributed by atoms with Crippen LogP contribution in [0.5, 0.6) is 5.75 Å². The fraction of sp³-hybridized carbons (Fsp3) is 0.308. The monoisotopic (exact) mass is 304 g/mol. The highest BCUT2D eigenvalue weighted by atomic mass is 35.5. The lowest BCUT2D eigenvalue weighted by atomic mass is 10.2. The predicted octanol–water partition coefficient (Wildman–Crippen LogP) is 4.03. The van der Waals surface area contributed by atoms with E-state index in [2.05, 4.69) is 5.10 Å². The van der Waals surface area contributed by atoms with Crippen LogP contribution in [-0.2, 0) is 12.1 Å². The third kappa shape index (κ3) is 2.90. The van der Waals surface area contributed by atoms with Crippen molar-refractivity contribution in [3.05, 3.63) is 41.7 Å². The van der Waals surface area contributed by atoms with E-state index >= 15 is 0 Å². The normalized spacial score (nSPS) is 11.7. The Bertz CT molecular complexity index is 578. The second kappa shape index (κ2) is 5.75. The minimum atomic E-state index is -4.51. The number of halogens is 4. The van der Waals surface area contributed by atoms with E-state index in [9.17, 15) is 13.2 Å². The average molecular weight is 305 g/mol. The molecule has 0 aliphatic heterocycles. The maximum Gasteiger partial charge on any atom is 0.433 e. The van der Waals surface area contributed by atoms with E-state index in [-0.39, 0.29) is 11.4 Å². The molecular formula is C13H12ClF3N2O. The van der Waals surface area contributed by atoms with Crippen LogP contribution in [0, 0.1) is 0 Å². The Labute approximate surface area is 118 Å². The largest absolute Gasteiger partial charge is 0.494 e. The van der Waals surface area contributed by atoms with Crippen LogP contribution >= 0.6 is 11.6 Å². The SMILES string of the molecule is CCOc1ccc(-n2ncc(CCl)c2C(F)(F)F)cc1. The van der Waals surface area contributed by atoms with Gasteiger partial charge in [-0.05, 0) is 31.2 Å². The third-order valence-electron chi connectivity index (χ3n) is 2.65. The van der Waals surface area contributed by atoms with E-state index in [4.69, 9.17) is 16.3 Å². The molecule has 108 valence electrons. The fourth-order valence-corrected chi connectivity index (χ4v) is 2.02. The minimum absolute atomic E-state index is 0.0481. The Balaban J connectivity index is 2.45. The van der Waals surface area contributed by atoms with Crippen LogP contribution in [0.1, 0.15) is 18.2 Å². The molecule has 1 heterocycles. The maximum absolute atomic E-state index is 13.1. The van der Waals surface area contributed by atoms with Gasteiger partial charge in [0.05, 0.1) is 24.4 Å². The summed E-state index contributed by atoms with van der Waals surface area (Å²) in [5.74, 6) is 0.348. The lowest BCUT2D eigenvalue weighted by Gasteiger charge is -2.12. The summed E-state index contributed by atoms with van der Waals surface area (Å²) < 4.78 is 45.3. The molecule has 0 spiro atoms. The summed E-state index contributed by atoms with van der Waals surface area (Å²) >= 11 is 5.53. The molecule has 0 saturated carbocycles. The van der Waals surface area contributed by atoms with Gasteiger partial charge >= 0.3 is 6.18 Å². The van der Waals surface area contributed by atoms with Crippen molar-refractivity contribution in [3.63, 3.8) is 0 Å². The van der Waals surface area contributed by atoms with Gasteiger partial charge in [0.25, 0.3) is 0 Å². The molecule has 0 fully saturated rings. The first-order valence-electron chi connectivity index (χ1n) is 5.90. The molecule has 20 heavy (non-hydrogen) atoms. The molecule has 0 saturated heterocycles. The summed E-state index contributed by atoms with van der Waals surface area (Å²) in [6.45, 7) is 2.32. The zero-order chi connectivity index (χ0) is 14.8. The number of aromatic nitrogens is 2. The van der Waals surface area contributed by atoms with Crippen molar-refractivity contribution in [1.82, 2.24) is 9.78 Å². The maximum atomic E-state index is 13.1. The summed E-state index contributed by atoms with van der Waals surface area (Å²) in [5.41, 5.74) is -0.596. The molecule has 3 nitrogen and oxygen atoms in total. The lowest BCUT2D eigenvalue weighted by molar-refractivity contribution is -0.143. The van der Waals surface area contributed by atoms with Crippen LogP contribution in [0.3, 0.4) is 0 Å². The first kappa shape index (κ1) is 14.7. The highest BCUT2D eigenvalue weighted by Gasteiger charge is 2.38. The highest BCUT2D eigenvalue weighted by Crippen LogP contribution is 2.34. The molecule has 0 bridgehead atoms. The Morgan fingerprint density at radius 2 is 1.90 bits per heavy atom. The minimum Gasteiger partial charge on any atom is -0.494 e. The van der Waals surface area contributed by atoms with Gasteiger partial charge in [0.2, 0.25) is 0 Å². The second-order valence-corrected chi connectivity index (χ2v) is 4.26. The lowest BCUT2D eigenvalue weighted by Crippen LogP contribution is -2.15. The van der Waals surface area contributed by atoms with Crippen molar-refractivity contribution in [1.29, 1.82) is 0 Å². The molecule has 1 aromatic heterocycles. The Morgan fingerprint density at radius 1 is 1.25 bits per heavy atom. The first-order valence-corrected chi connectivity index (χ1v) is 6.44. The summed E-state index contributed by atoms with van der Waals surface area (Å²) in [5, 5.41) is 3.77. The summed E-state index contributed by atoms with van der Waals surface area (Å²) in [6.07, 6.45) is -3.38. The first-order chi connectivity index (χ1) is 9.47. The summed E-state index contributed by atoms with van der Waals surface area (Å²) in [7, 11) is 0. The second-order valence-electron chi connectivity index (χ2n) is 3.99. The van der Waals surface area contributed by atoms with Gasteiger partial charge in [-0.1, -0.05) is 0 Å². The van der Waals surface area contributed by atoms with Crippen molar-refractivity contribution in [2.45, 2.75) is 19.0 Å². The topological polar surface area (TPSA) is 27.1 Å². The average Bonchev–Trinajstić information content (AvgIpc) is 2.84. The number of hydrogen-bond acceptors (Lipinski definition) is 2. The smallest absolute Gasteiger partial charge is 0.433 e. The van der Waals surface area contributed by atoms with Gasteiger partial charge in [0, 0.05) is 5.56 Å². The summed E-state index contributed by atoms with van der Waals surface area (Å²) in [4.78, 5) is 0. The standard InChI is InChI=1S/C13H12ClF3N2O/c1-2-20-11-5-3-10(4-6-11)19-12(13(15,16)17)9(7-14)8-18-19/h3-6,8H,2,7H2,1H3. The Hall–Kier alpha value is -1.69. The Kier molecular flexibility index (Phi) is 4.23. The van der Waals surface area contributed by atoms with E-state index in [0.29, 0.717) is 18.0 Å². The van der Waals surface area contributed by atoms with Crippen LogP contribution in [0.25, 0.3) is 5.69 Å². The molecule has 0 N–H and O–H groups in total. The van der Waals surface area contributed by atoms with E-state index in [1.54, 1.807) is 12.1 Å². The van der Waals surface area contributed by atoms with Gasteiger partial charge in [-0.2, -0.15) is 18.3 Å². The molecule has 0 unspecified atom stereocenters. The molecule has 0 aliphatic carbocycles. The molecule has 0 amide bonds. The van der Waals surface area contributed by atoms with Gasteiger partial charge in [0.1, 0.15) is 5.75 Å². The van der Waals surface area contributed by atoms with Gasteiger partial charge in [-0.25, -0.2) is 4.68 Å². The van der Waals surface area contributed by atoms with Gasteiger partial charge in [-0.15, -0.1) is 11.6 Å². The zero-order valence-corrected chi connectivity index (χ0v) is 11.4. The molecule has 7 heteroatoms. The predicted molar refractivity (Wildman–Crippen MR) is 69.3 cm³/mol. The zero-order valence-electron chi connectivity index (χ0n) is 10.6. The van der Waals surface area contributed by atoms with Crippen molar-refractivity contribution in [2.75, 3.05) is 6.61 Å². The number of hydrogen-bond donors (Lipinski definition) is 0. The van der Waals surface area contributed by atoms with E-state index in [1.807, 2.05) is 6.92 Å². The third-order valence-corrected chi connectivity index (χ3v) is 2.94. The van der Waals surface area contributed by atoms with Gasteiger partial charge in [-0.3, -0.25) is 0 Å². The molecule has 0 atom stereocenters. The number of ether oxygens (including phenoxy) is 1. The van der Waals surface area contributed by atoms with Gasteiger partial charge in [0.15, 0.2) is 5.69 Å². The van der Waals surface area contributed by atoms with E-state index in [1.165, 1.54) is 12.1 Å². The van der Waals surface area contributed by atoms with Crippen molar-refractivity contribution >= 4 is 11.6 Å². The van der Waals surface area contributed by atoms with Crippen LogP contribution in [0.2, 0.25) is 0 Å². The van der Waals surface area contributed by atoms with Crippen LogP contribution in [-0.4, -0.2) is 16.4 Å². The van der Waals surface area contributed by atoms with E-state index < -0.39 is 11.9 Å². The van der Waals surface area contributed by atoms with Crippen LogP contribution in [0.4, 0.5) is 13.2 Å². The number of benzene rings is 1. The Morgan fingerprint density at radius 3 is 2.40 bits per heavy atom. The highest BCUT2D eigenvalue weighted by molar-refractivity contribution is 6.17. The van der Waals surface area contributed by atoms with Crippen molar-refractivity contribution < 1.29 is 17.9 Å². The van der Waals surface area contributed by atoms with Crippen LogP contribution < -0.4 is 4.74 Å². The fourth-order valence-electron chi connectivity index (χ4n) is 1.83. The molecule has 0 aliphatic rings. The molecular weight excluding hydrogens is 293 g/mol. The number of rotatable bonds is 4. The van der Waals surface area contributed by atoms with Crippen molar-refractivity contribution in [3.8, 4) is 11.4 Å². The van der Waals surface area contributed by atoms with Gasteiger partial charge < -0.3 is 4.74 Å². The van der Waals surface area contributed by atoms with Crippen LogP contribution in [0.15, 0.2) is 30.5 Å². The molecule has 0 radical (unpaired) electrons. The molecule has 2 rings (SSSR count). The van der Waals surface area contributed by atoms with E-state index in [0.717, 1.165) is 10.9 Å². The molecule has 1 aromatic carbocycles. The molecule has 2 aromatic rings. The number of nitrogens with zero attached hydrogens (tertiary/aromatic N) is 2. The number of alkyl halides is 4. The summed E-state index contributed by atoms with van der Waals surface area (Å²) in [6, 6.07) is 6.23. The quantitative estimate of drug-likeness (QED) is 0.797. The van der Waals surface area contributed by atoms with Crippen molar-refractivity contribution in [2.24, 2.45) is 0 Å².